The Labute approximate surface area is 204 Å². The standard InChI is InChI=1S/C26H43N3O5/c1-11-17(4)29(23(32)20(16(2)3)27-24(33)34-26(8,9)10)21(22(31)28-25(5,6)7)18-12-14-19(30)15-13-18/h12-17,20-21,30H,11H2,1-10H3,(H,27,33)(H,28,31). The van der Waals surface area contributed by atoms with Gasteiger partial charge < -0.3 is 25.4 Å². The lowest BCUT2D eigenvalue weighted by Crippen LogP contribution is -2.58. The number of carbonyl (C=O) groups excluding carboxylic acids is 3. The summed E-state index contributed by atoms with van der Waals surface area (Å²) in [7, 11) is 0. The van der Waals surface area contributed by atoms with E-state index in [0.29, 0.717) is 12.0 Å². The quantitative estimate of drug-likeness (QED) is 0.510. The van der Waals surface area contributed by atoms with E-state index in [9.17, 15) is 19.5 Å². The Kier molecular flexibility index (Phi) is 9.97. The molecule has 3 N–H and O–H groups in total. The number of ether oxygens (including phenoxy) is 1. The number of amides is 3. The number of rotatable bonds is 8. The smallest absolute Gasteiger partial charge is 0.408 e. The second-order valence-electron chi connectivity index (χ2n) is 11.1. The molecule has 0 fully saturated rings. The van der Waals surface area contributed by atoms with Crippen LogP contribution < -0.4 is 10.6 Å². The van der Waals surface area contributed by atoms with Gasteiger partial charge in [-0.2, -0.15) is 0 Å². The summed E-state index contributed by atoms with van der Waals surface area (Å²) in [5, 5.41) is 15.5. The second kappa shape index (κ2) is 11.6. The molecule has 0 aliphatic rings. The number of phenolic OH excluding ortho intramolecular Hbond substituents is 1. The van der Waals surface area contributed by atoms with Crippen molar-refractivity contribution >= 4 is 17.9 Å². The first-order valence-electron chi connectivity index (χ1n) is 11.9. The number of hydrogen-bond donors (Lipinski definition) is 3. The van der Waals surface area contributed by atoms with Crippen LogP contribution in [0.5, 0.6) is 5.75 Å². The number of nitrogens with one attached hydrogen (secondary N) is 2. The zero-order valence-electron chi connectivity index (χ0n) is 22.4. The van der Waals surface area contributed by atoms with Gasteiger partial charge in [0.1, 0.15) is 23.4 Å². The van der Waals surface area contributed by atoms with Gasteiger partial charge in [-0.3, -0.25) is 9.59 Å². The summed E-state index contributed by atoms with van der Waals surface area (Å²) in [6.07, 6.45) is -0.0932. The molecular formula is C26H43N3O5. The van der Waals surface area contributed by atoms with Crippen LogP contribution in [0.25, 0.3) is 0 Å². The largest absolute Gasteiger partial charge is 0.508 e. The maximum absolute atomic E-state index is 14.0. The van der Waals surface area contributed by atoms with Crippen LogP contribution in [0.4, 0.5) is 4.79 Å². The summed E-state index contributed by atoms with van der Waals surface area (Å²) in [6.45, 7) is 18.3. The Morgan fingerprint density at radius 3 is 1.94 bits per heavy atom. The highest BCUT2D eigenvalue weighted by atomic mass is 16.6. The fourth-order valence-corrected chi connectivity index (χ4v) is 3.44. The zero-order valence-corrected chi connectivity index (χ0v) is 22.4. The maximum atomic E-state index is 14.0. The van der Waals surface area contributed by atoms with E-state index >= 15 is 0 Å². The monoisotopic (exact) mass is 477 g/mol. The summed E-state index contributed by atoms with van der Waals surface area (Å²) in [5.74, 6) is -0.909. The van der Waals surface area contributed by atoms with Crippen LogP contribution in [0.2, 0.25) is 0 Å². The van der Waals surface area contributed by atoms with Gasteiger partial charge >= 0.3 is 6.09 Å². The number of phenols is 1. The highest BCUT2D eigenvalue weighted by Gasteiger charge is 2.40. The second-order valence-corrected chi connectivity index (χ2v) is 11.1. The Bertz CT molecular complexity index is 837. The molecule has 0 saturated carbocycles. The number of carbonyl (C=O) groups is 3. The van der Waals surface area contributed by atoms with Crippen molar-refractivity contribution in [2.24, 2.45) is 5.92 Å². The average Bonchev–Trinajstić information content (AvgIpc) is 2.67. The third-order valence-corrected chi connectivity index (χ3v) is 5.16. The van der Waals surface area contributed by atoms with E-state index in [0.717, 1.165) is 0 Å². The summed E-state index contributed by atoms with van der Waals surface area (Å²) < 4.78 is 5.38. The third kappa shape index (κ3) is 8.88. The van der Waals surface area contributed by atoms with Crippen molar-refractivity contribution in [3.63, 3.8) is 0 Å². The number of alkyl carbamates (subject to hydrolysis) is 1. The number of hydrogen-bond acceptors (Lipinski definition) is 5. The molecule has 1 rings (SSSR count). The topological polar surface area (TPSA) is 108 Å². The fourth-order valence-electron chi connectivity index (χ4n) is 3.44. The Morgan fingerprint density at radius 2 is 1.53 bits per heavy atom. The molecule has 0 spiro atoms. The first-order valence-corrected chi connectivity index (χ1v) is 11.9. The van der Waals surface area contributed by atoms with E-state index in [2.05, 4.69) is 10.6 Å². The molecule has 3 amide bonds. The molecule has 0 radical (unpaired) electrons. The van der Waals surface area contributed by atoms with E-state index in [1.165, 1.54) is 17.0 Å². The van der Waals surface area contributed by atoms with Crippen molar-refractivity contribution in [3.8, 4) is 5.75 Å². The molecule has 0 bridgehead atoms. The van der Waals surface area contributed by atoms with Gasteiger partial charge in [0.15, 0.2) is 0 Å². The van der Waals surface area contributed by atoms with Gasteiger partial charge in [0.2, 0.25) is 11.8 Å². The lowest BCUT2D eigenvalue weighted by molar-refractivity contribution is -0.146. The predicted octanol–water partition coefficient (Wildman–Crippen LogP) is 4.52. The molecule has 0 aliphatic heterocycles. The van der Waals surface area contributed by atoms with Crippen LogP contribution in [0.3, 0.4) is 0 Å². The summed E-state index contributed by atoms with van der Waals surface area (Å²) >= 11 is 0. The van der Waals surface area contributed by atoms with Gasteiger partial charge in [0.05, 0.1) is 0 Å². The lowest BCUT2D eigenvalue weighted by Gasteiger charge is -2.40. The van der Waals surface area contributed by atoms with Crippen molar-refractivity contribution in [3.05, 3.63) is 29.8 Å². The number of aromatic hydroxyl groups is 1. The number of nitrogens with zero attached hydrogens (tertiary/aromatic N) is 1. The summed E-state index contributed by atoms with van der Waals surface area (Å²) in [6, 6.07) is 4.09. The molecule has 1 aromatic rings. The van der Waals surface area contributed by atoms with Crippen molar-refractivity contribution in [2.45, 2.75) is 105 Å². The molecule has 34 heavy (non-hydrogen) atoms. The molecule has 192 valence electrons. The van der Waals surface area contributed by atoms with Gasteiger partial charge in [0.25, 0.3) is 0 Å². The first-order chi connectivity index (χ1) is 15.5. The van der Waals surface area contributed by atoms with Gasteiger partial charge in [-0.15, -0.1) is 0 Å². The maximum Gasteiger partial charge on any atom is 0.408 e. The third-order valence-electron chi connectivity index (χ3n) is 5.16. The molecule has 0 heterocycles. The van der Waals surface area contributed by atoms with E-state index < -0.39 is 29.3 Å². The fraction of sp³-hybridized carbons (Fsp3) is 0.654. The molecule has 0 saturated heterocycles. The SMILES string of the molecule is CCC(C)N(C(=O)C(NC(=O)OC(C)(C)C)C(C)C)C(C(=O)NC(C)(C)C)c1ccc(O)cc1. The Balaban J connectivity index is 3.52. The van der Waals surface area contributed by atoms with Crippen LogP contribution in [-0.4, -0.2) is 51.1 Å². The minimum atomic E-state index is -0.955. The minimum absolute atomic E-state index is 0.0618. The molecule has 1 aromatic carbocycles. The van der Waals surface area contributed by atoms with Crippen molar-refractivity contribution < 1.29 is 24.2 Å². The summed E-state index contributed by atoms with van der Waals surface area (Å²) in [4.78, 5) is 41.6. The van der Waals surface area contributed by atoms with Crippen LogP contribution in [0.1, 0.15) is 87.3 Å². The average molecular weight is 478 g/mol. The van der Waals surface area contributed by atoms with Crippen molar-refractivity contribution in [2.75, 3.05) is 0 Å². The normalized spacial score (nSPS) is 14.7. The Hall–Kier alpha value is -2.77. The van der Waals surface area contributed by atoms with Crippen molar-refractivity contribution in [1.82, 2.24) is 15.5 Å². The molecular weight excluding hydrogens is 434 g/mol. The first kappa shape index (κ1) is 29.3. The van der Waals surface area contributed by atoms with E-state index in [4.69, 9.17) is 4.74 Å². The van der Waals surface area contributed by atoms with Gasteiger partial charge in [-0.25, -0.2) is 4.79 Å². The minimum Gasteiger partial charge on any atom is -0.508 e. The van der Waals surface area contributed by atoms with E-state index in [-0.39, 0.29) is 29.5 Å². The lowest BCUT2D eigenvalue weighted by atomic mass is 9.96. The zero-order chi connectivity index (χ0) is 26.4. The Morgan fingerprint density at radius 1 is 1.00 bits per heavy atom. The van der Waals surface area contributed by atoms with Gasteiger partial charge in [-0.05, 0) is 78.5 Å². The van der Waals surface area contributed by atoms with Crippen LogP contribution >= 0.6 is 0 Å². The molecule has 0 aliphatic carbocycles. The number of benzene rings is 1. The highest BCUT2D eigenvalue weighted by Crippen LogP contribution is 2.29. The molecule has 8 nitrogen and oxygen atoms in total. The molecule has 8 heteroatoms. The van der Waals surface area contributed by atoms with Gasteiger partial charge in [0, 0.05) is 11.6 Å². The molecule has 3 atom stereocenters. The van der Waals surface area contributed by atoms with Crippen LogP contribution in [0, 0.1) is 5.92 Å². The van der Waals surface area contributed by atoms with Crippen LogP contribution in [0.15, 0.2) is 24.3 Å². The summed E-state index contributed by atoms with van der Waals surface area (Å²) in [5.41, 5.74) is -0.678. The van der Waals surface area contributed by atoms with E-state index in [1.54, 1.807) is 32.9 Å². The van der Waals surface area contributed by atoms with Crippen molar-refractivity contribution in [1.29, 1.82) is 0 Å². The van der Waals surface area contributed by atoms with Crippen LogP contribution in [-0.2, 0) is 14.3 Å². The highest BCUT2D eigenvalue weighted by molar-refractivity contribution is 5.92. The van der Waals surface area contributed by atoms with Gasteiger partial charge in [-0.1, -0.05) is 32.9 Å². The predicted molar refractivity (Wildman–Crippen MR) is 133 cm³/mol. The van der Waals surface area contributed by atoms with E-state index in [1.807, 2.05) is 48.5 Å². The molecule has 3 unspecified atom stereocenters. The molecule has 0 aromatic heterocycles.